The van der Waals surface area contributed by atoms with Crippen LogP contribution >= 0.6 is 0 Å². The largest absolute Gasteiger partial charge is 0.490 e. The minimum atomic E-state index is -0.623. The minimum absolute atomic E-state index is 0.0914. The number of nitro groups is 1. The number of aliphatic hydroxyl groups excluding tert-OH is 1. The summed E-state index contributed by atoms with van der Waals surface area (Å²) in [6, 6.07) is 3.90. The number of benzene rings is 1. The smallest absolute Gasteiger partial charge is 0.311 e. The normalized spacial score (nSPS) is 9.76. The van der Waals surface area contributed by atoms with E-state index in [4.69, 9.17) is 9.84 Å². The number of nitrogens with zero attached hydrogens (tertiary/aromatic N) is 1. The highest BCUT2D eigenvalue weighted by atomic mass is 16.6. The van der Waals surface area contributed by atoms with E-state index < -0.39 is 10.8 Å². The van der Waals surface area contributed by atoms with E-state index in [1.165, 1.54) is 19.2 Å². The number of hydrogen-bond donors (Lipinski definition) is 2. The Balaban J connectivity index is 2.99. The van der Waals surface area contributed by atoms with Crippen LogP contribution in [0.25, 0.3) is 0 Å². The zero-order valence-corrected chi connectivity index (χ0v) is 9.17. The number of nitrogens with one attached hydrogen (secondary N) is 1. The van der Waals surface area contributed by atoms with Crippen LogP contribution in [0.15, 0.2) is 18.2 Å². The van der Waals surface area contributed by atoms with Crippen molar-refractivity contribution in [1.82, 2.24) is 5.32 Å². The third-order valence-electron chi connectivity index (χ3n) is 2.04. The van der Waals surface area contributed by atoms with E-state index in [-0.39, 0.29) is 30.2 Å². The molecule has 2 N–H and O–H groups in total. The molecule has 1 aromatic rings. The molecular formula is C10H12N2O5. The van der Waals surface area contributed by atoms with Crippen LogP contribution in [0.4, 0.5) is 5.69 Å². The number of carbonyl (C=O) groups is 1. The molecule has 0 aromatic heterocycles. The molecule has 7 heteroatoms. The summed E-state index contributed by atoms with van der Waals surface area (Å²) in [5, 5.41) is 21.7. The van der Waals surface area contributed by atoms with Crippen LogP contribution in [-0.4, -0.2) is 36.2 Å². The van der Waals surface area contributed by atoms with Crippen molar-refractivity contribution in [2.24, 2.45) is 0 Å². The lowest BCUT2D eigenvalue weighted by molar-refractivity contribution is -0.385. The fourth-order valence-corrected chi connectivity index (χ4v) is 1.25. The lowest BCUT2D eigenvalue weighted by Gasteiger charge is -2.05. The van der Waals surface area contributed by atoms with E-state index in [0.29, 0.717) is 0 Å². The van der Waals surface area contributed by atoms with Crippen molar-refractivity contribution in [3.05, 3.63) is 33.9 Å². The summed E-state index contributed by atoms with van der Waals surface area (Å²) in [4.78, 5) is 21.6. The van der Waals surface area contributed by atoms with E-state index in [2.05, 4.69) is 5.32 Å². The number of carbonyl (C=O) groups excluding carboxylic acids is 1. The quantitative estimate of drug-likeness (QED) is 0.570. The van der Waals surface area contributed by atoms with Gasteiger partial charge in [-0.2, -0.15) is 0 Å². The molecule has 0 fully saturated rings. The molecule has 0 aliphatic heterocycles. The highest BCUT2D eigenvalue weighted by Crippen LogP contribution is 2.27. The Kier molecular flexibility index (Phi) is 4.41. The van der Waals surface area contributed by atoms with Gasteiger partial charge in [0.25, 0.3) is 5.91 Å². The van der Waals surface area contributed by atoms with Gasteiger partial charge in [-0.25, -0.2) is 0 Å². The number of amides is 1. The molecule has 0 atom stereocenters. The molecule has 7 nitrogen and oxygen atoms in total. The average Bonchev–Trinajstić information content (AvgIpc) is 2.34. The molecule has 0 saturated carbocycles. The van der Waals surface area contributed by atoms with Crippen LogP contribution in [-0.2, 0) is 0 Å². The van der Waals surface area contributed by atoms with Gasteiger partial charge in [-0.1, -0.05) is 0 Å². The second-order valence-electron chi connectivity index (χ2n) is 3.12. The van der Waals surface area contributed by atoms with E-state index in [9.17, 15) is 14.9 Å². The van der Waals surface area contributed by atoms with Gasteiger partial charge >= 0.3 is 5.69 Å². The molecule has 1 aromatic carbocycles. The molecule has 0 aliphatic rings. The second kappa shape index (κ2) is 5.80. The van der Waals surface area contributed by atoms with Gasteiger partial charge < -0.3 is 15.2 Å². The molecule has 0 bridgehead atoms. The van der Waals surface area contributed by atoms with Crippen LogP contribution in [0, 0.1) is 10.1 Å². The fraction of sp³-hybridized carbons (Fsp3) is 0.300. The highest BCUT2D eigenvalue weighted by molar-refractivity contribution is 5.95. The van der Waals surface area contributed by atoms with Crippen molar-refractivity contribution >= 4 is 11.6 Å². The van der Waals surface area contributed by atoms with Gasteiger partial charge in [-0.05, 0) is 12.1 Å². The van der Waals surface area contributed by atoms with Crippen LogP contribution < -0.4 is 10.1 Å². The fourth-order valence-electron chi connectivity index (χ4n) is 1.25. The summed E-state index contributed by atoms with van der Waals surface area (Å²) in [5.41, 5.74) is -0.130. The Hall–Kier alpha value is -2.15. The maximum atomic E-state index is 11.5. The number of aliphatic hydroxyl groups is 1. The van der Waals surface area contributed by atoms with Crippen LogP contribution in [0.5, 0.6) is 5.75 Å². The first-order valence-corrected chi connectivity index (χ1v) is 4.81. The lowest BCUT2D eigenvalue weighted by Crippen LogP contribution is -2.26. The Morgan fingerprint density at radius 3 is 2.82 bits per heavy atom. The summed E-state index contributed by atoms with van der Waals surface area (Å²) >= 11 is 0. The van der Waals surface area contributed by atoms with Gasteiger partial charge in [0.15, 0.2) is 5.75 Å². The van der Waals surface area contributed by atoms with Crippen molar-refractivity contribution in [3.63, 3.8) is 0 Å². The van der Waals surface area contributed by atoms with Crippen molar-refractivity contribution < 1.29 is 19.6 Å². The Morgan fingerprint density at radius 1 is 1.59 bits per heavy atom. The summed E-state index contributed by atoms with van der Waals surface area (Å²) < 4.78 is 4.81. The molecule has 17 heavy (non-hydrogen) atoms. The van der Waals surface area contributed by atoms with Gasteiger partial charge in [-0.3, -0.25) is 14.9 Å². The number of methoxy groups -OCH3 is 1. The third kappa shape index (κ3) is 3.15. The molecule has 1 amide bonds. The van der Waals surface area contributed by atoms with Gasteiger partial charge in [0, 0.05) is 18.2 Å². The number of ether oxygens (including phenoxy) is 1. The molecule has 0 spiro atoms. The van der Waals surface area contributed by atoms with E-state index >= 15 is 0 Å². The summed E-state index contributed by atoms with van der Waals surface area (Å²) in [5.74, 6) is -0.390. The molecule has 0 radical (unpaired) electrons. The topological polar surface area (TPSA) is 102 Å². The Morgan fingerprint density at radius 2 is 2.29 bits per heavy atom. The standard InChI is InChI=1S/C10H12N2O5/c1-17-9-3-2-7(6-8(9)12(15)16)10(14)11-4-5-13/h2-3,6,13H,4-5H2,1H3,(H,11,14). The van der Waals surface area contributed by atoms with E-state index in [1.54, 1.807) is 0 Å². The maximum Gasteiger partial charge on any atom is 0.311 e. The SMILES string of the molecule is COc1ccc(C(=O)NCCO)cc1[N+](=O)[O-]. The molecule has 92 valence electrons. The second-order valence-corrected chi connectivity index (χ2v) is 3.12. The lowest BCUT2D eigenvalue weighted by atomic mass is 10.1. The van der Waals surface area contributed by atoms with Gasteiger partial charge in [-0.15, -0.1) is 0 Å². The first kappa shape index (κ1) is 12.9. The average molecular weight is 240 g/mol. The number of nitro benzene ring substituents is 1. The van der Waals surface area contributed by atoms with Crippen molar-refractivity contribution in [3.8, 4) is 5.75 Å². The number of rotatable bonds is 5. The molecule has 1 rings (SSSR count). The highest BCUT2D eigenvalue weighted by Gasteiger charge is 2.17. The van der Waals surface area contributed by atoms with Crippen molar-refractivity contribution in [2.45, 2.75) is 0 Å². The van der Waals surface area contributed by atoms with Crippen LogP contribution in [0.1, 0.15) is 10.4 Å². The van der Waals surface area contributed by atoms with Crippen molar-refractivity contribution in [1.29, 1.82) is 0 Å². The summed E-state index contributed by atoms with van der Waals surface area (Å²) in [6.07, 6.45) is 0. The zero-order valence-electron chi connectivity index (χ0n) is 9.17. The molecule has 0 unspecified atom stereocenters. The predicted octanol–water partition coefficient (Wildman–Crippen LogP) is 0.325. The Bertz CT molecular complexity index is 433. The first-order chi connectivity index (χ1) is 8.10. The van der Waals surface area contributed by atoms with Crippen LogP contribution in [0.3, 0.4) is 0 Å². The Labute approximate surface area is 97.2 Å². The molecular weight excluding hydrogens is 228 g/mol. The summed E-state index contributed by atoms with van der Waals surface area (Å²) in [7, 11) is 1.31. The minimum Gasteiger partial charge on any atom is -0.490 e. The zero-order chi connectivity index (χ0) is 12.8. The van der Waals surface area contributed by atoms with E-state index in [1.807, 2.05) is 0 Å². The monoisotopic (exact) mass is 240 g/mol. The molecule has 0 aliphatic carbocycles. The first-order valence-electron chi connectivity index (χ1n) is 4.81. The van der Waals surface area contributed by atoms with E-state index in [0.717, 1.165) is 6.07 Å². The van der Waals surface area contributed by atoms with Gasteiger partial charge in [0.1, 0.15) is 0 Å². The van der Waals surface area contributed by atoms with Gasteiger partial charge in [0.2, 0.25) is 0 Å². The predicted molar refractivity (Wildman–Crippen MR) is 59.1 cm³/mol. The third-order valence-corrected chi connectivity index (χ3v) is 2.04. The summed E-state index contributed by atoms with van der Waals surface area (Å²) in [6.45, 7) is -0.0946. The van der Waals surface area contributed by atoms with Crippen molar-refractivity contribution in [2.75, 3.05) is 20.3 Å². The van der Waals surface area contributed by atoms with Crippen LogP contribution in [0.2, 0.25) is 0 Å². The molecule has 0 heterocycles. The maximum absolute atomic E-state index is 11.5. The number of hydrogen-bond acceptors (Lipinski definition) is 5. The van der Waals surface area contributed by atoms with Gasteiger partial charge in [0.05, 0.1) is 18.6 Å². The molecule has 0 saturated heterocycles.